The van der Waals surface area contributed by atoms with E-state index in [1.165, 1.54) is 15.2 Å². The number of halogens is 2. The molecule has 1 aliphatic heterocycles. The van der Waals surface area contributed by atoms with Crippen LogP contribution in [-0.4, -0.2) is 41.6 Å². The molecule has 0 aliphatic carbocycles. The number of aromatic nitrogens is 2. The molecule has 18 heavy (non-hydrogen) atoms. The van der Waals surface area contributed by atoms with Crippen LogP contribution in [0.15, 0.2) is 11.2 Å². The largest absolute Gasteiger partial charge is 0.327 e. The SMILES string of the molecule is Cl.Cn1ncc(Cl)c1S(=O)(=O)N1CCCC(N)C1. The standard InChI is InChI=1S/C9H15ClN4O2S.ClH/c1-13-9(8(10)5-12-13)17(15,16)14-4-2-3-7(11)6-14;/h5,7H,2-4,6,11H2,1H3;1H. The molecule has 0 saturated carbocycles. The molecule has 1 unspecified atom stereocenters. The smallest absolute Gasteiger partial charge is 0.261 e. The van der Waals surface area contributed by atoms with Gasteiger partial charge >= 0.3 is 0 Å². The van der Waals surface area contributed by atoms with E-state index in [2.05, 4.69) is 5.10 Å². The summed E-state index contributed by atoms with van der Waals surface area (Å²) < 4.78 is 27.4. The minimum Gasteiger partial charge on any atom is -0.327 e. The van der Waals surface area contributed by atoms with Gasteiger partial charge in [-0.25, -0.2) is 8.42 Å². The van der Waals surface area contributed by atoms with Crippen LogP contribution in [0.2, 0.25) is 5.02 Å². The van der Waals surface area contributed by atoms with Crippen LogP contribution in [0.5, 0.6) is 0 Å². The number of nitrogens with zero attached hydrogens (tertiary/aromatic N) is 3. The lowest BCUT2D eigenvalue weighted by molar-refractivity contribution is 0.314. The van der Waals surface area contributed by atoms with E-state index in [4.69, 9.17) is 17.3 Å². The lowest BCUT2D eigenvalue weighted by Gasteiger charge is -2.29. The van der Waals surface area contributed by atoms with Crippen molar-refractivity contribution in [3.63, 3.8) is 0 Å². The molecule has 1 aromatic rings. The fourth-order valence-electron chi connectivity index (χ4n) is 2.00. The molecule has 6 nitrogen and oxygen atoms in total. The van der Waals surface area contributed by atoms with E-state index >= 15 is 0 Å². The van der Waals surface area contributed by atoms with Crippen LogP contribution < -0.4 is 5.73 Å². The maximum absolute atomic E-state index is 12.4. The first-order chi connectivity index (χ1) is 7.93. The number of hydrogen-bond donors (Lipinski definition) is 1. The maximum atomic E-state index is 12.4. The first-order valence-electron chi connectivity index (χ1n) is 5.36. The third kappa shape index (κ3) is 2.80. The van der Waals surface area contributed by atoms with Crippen molar-refractivity contribution < 1.29 is 8.42 Å². The van der Waals surface area contributed by atoms with Crippen LogP contribution >= 0.6 is 24.0 Å². The molecule has 2 heterocycles. The first kappa shape index (κ1) is 15.7. The van der Waals surface area contributed by atoms with Crippen molar-refractivity contribution in [1.82, 2.24) is 14.1 Å². The van der Waals surface area contributed by atoms with Gasteiger partial charge in [0.15, 0.2) is 5.03 Å². The highest BCUT2D eigenvalue weighted by Crippen LogP contribution is 2.25. The zero-order valence-electron chi connectivity index (χ0n) is 9.91. The number of piperidine rings is 1. The van der Waals surface area contributed by atoms with Crippen LogP contribution in [0.3, 0.4) is 0 Å². The predicted molar refractivity (Wildman–Crippen MR) is 71.4 cm³/mol. The minimum atomic E-state index is -3.59. The highest BCUT2D eigenvalue weighted by atomic mass is 35.5. The summed E-state index contributed by atoms with van der Waals surface area (Å²) in [6, 6.07) is -0.106. The van der Waals surface area contributed by atoms with E-state index in [1.807, 2.05) is 0 Å². The molecule has 0 bridgehead atoms. The van der Waals surface area contributed by atoms with Gasteiger partial charge in [-0.3, -0.25) is 4.68 Å². The van der Waals surface area contributed by atoms with E-state index in [9.17, 15) is 8.42 Å². The van der Waals surface area contributed by atoms with Gasteiger partial charge < -0.3 is 5.73 Å². The molecule has 2 rings (SSSR count). The van der Waals surface area contributed by atoms with Crippen LogP contribution in [0.1, 0.15) is 12.8 Å². The first-order valence-corrected chi connectivity index (χ1v) is 7.18. The van der Waals surface area contributed by atoms with Crippen LogP contribution in [0.4, 0.5) is 0 Å². The van der Waals surface area contributed by atoms with Gasteiger partial charge in [-0.05, 0) is 12.8 Å². The number of sulfonamides is 1. The Morgan fingerprint density at radius 2 is 2.22 bits per heavy atom. The molecule has 1 aromatic heterocycles. The summed E-state index contributed by atoms with van der Waals surface area (Å²) in [5, 5.41) is 4.02. The van der Waals surface area contributed by atoms with Gasteiger partial charge in [0.05, 0.1) is 11.2 Å². The molecule has 104 valence electrons. The molecule has 0 spiro atoms. The minimum absolute atomic E-state index is 0. The average Bonchev–Trinajstić information content (AvgIpc) is 2.59. The fraction of sp³-hybridized carbons (Fsp3) is 0.667. The Balaban J connectivity index is 0.00000162. The summed E-state index contributed by atoms with van der Waals surface area (Å²) in [5.74, 6) is 0. The summed E-state index contributed by atoms with van der Waals surface area (Å²) >= 11 is 5.86. The Morgan fingerprint density at radius 3 is 2.72 bits per heavy atom. The zero-order valence-corrected chi connectivity index (χ0v) is 12.3. The zero-order chi connectivity index (χ0) is 12.6. The molecule has 9 heteroatoms. The molecular weight excluding hydrogens is 299 g/mol. The Labute approximate surface area is 118 Å². The third-order valence-electron chi connectivity index (χ3n) is 2.85. The Bertz CT molecular complexity index is 497. The quantitative estimate of drug-likeness (QED) is 0.867. The topological polar surface area (TPSA) is 81.2 Å². The van der Waals surface area contributed by atoms with Crippen molar-refractivity contribution in [3.8, 4) is 0 Å². The second-order valence-electron chi connectivity index (χ2n) is 4.19. The van der Waals surface area contributed by atoms with E-state index in [0.717, 1.165) is 12.8 Å². The molecule has 0 aromatic carbocycles. The van der Waals surface area contributed by atoms with Crippen molar-refractivity contribution >= 4 is 34.0 Å². The van der Waals surface area contributed by atoms with Crippen molar-refractivity contribution in [2.45, 2.75) is 23.9 Å². The highest BCUT2D eigenvalue weighted by molar-refractivity contribution is 7.89. The Morgan fingerprint density at radius 1 is 1.56 bits per heavy atom. The lowest BCUT2D eigenvalue weighted by atomic mass is 10.1. The van der Waals surface area contributed by atoms with Gasteiger partial charge in [0.25, 0.3) is 10.0 Å². The molecule has 1 fully saturated rings. The van der Waals surface area contributed by atoms with Gasteiger partial charge in [-0.1, -0.05) is 11.6 Å². The Kier molecular flexibility index (Phi) is 5.02. The molecule has 2 N–H and O–H groups in total. The second kappa shape index (κ2) is 5.75. The summed E-state index contributed by atoms with van der Waals surface area (Å²) in [6.07, 6.45) is 2.96. The normalized spacial score (nSPS) is 21.6. The Hall–Kier alpha value is -0.340. The van der Waals surface area contributed by atoms with Gasteiger partial charge in [-0.15, -0.1) is 12.4 Å². The molecule has 1 saturated heterocycles. The van der Waals surface area contributed by atoms with Gasteiger partial charge in [-0.2, -0.15) is 9.40 Å². The maximum Gasteiger partial charge on any atom is 0.261 e. The summed E-state index contributed by atoms with van der Waals surface area (Å²) in [6.45, 7) is 0.821. The number of rotatable bonds is 2. The molecular formula is C9H16Cl2N4O2S. The fourth-order valence-corrected chi connectivity index (χ4v) is 4.14. The molecule has 0 radical (unpaired) electrons. The van der Waals surface area contributed by atoms with Crippen LogP contribution in [-0.2, 0) is 17.1 Å². The summed E-state index contributed by atoms with van der Waals surface area (Å²) in [7, 11) is -2.03. The third-order valence-corrected chi connectivity index (χ3v) is 5.22. The summed E-state index contributed by atoms with van der Waals surface area (Å²) in [5.41, 5.74) is 5.79. The van der Waals surface area contributed by atoms with Gasteiger partial charge in [0.1, 0.15) is 0 Å². The second-order valence-corrected chi connectivity index (χ2v) is 6.45. The van der Waals surface area contributed by atoms with Gasteiger partial charge in [0, 0.05) is 26.2 Å². The number of hydrogen-bond acceptors (Lipinski definition) is 4. The van der Waals surface area contributed by atoms with E-state index in [0.29, 0.717) is 13.1 Å². The lowest BCUT2D eigenvalue weighted by Crippen LogP contribution is -2.46. The van der Waals surface area contributed by atoms with Gasteiger partial charge in [0.2, 0.25) is 0 Å². The number of nitrogens with two attached hydrogens (primary N) is 1. The van der Waals surface area contributed by atoms with Crippen LogP contribution in [0, 0.1) is 0 Å². The predicted octanol–water partition coefficient (Wildman–Crippen LogP) is 0.607. The summed E-state index contributed by atoms with van der Waals surface area (Å²) in [4.78, 5) is 0. The average molecular weight is 315 g/mol. The molecule has 0 amide bonds. The highest BCUT2D eigenvalue weighted by Gasteiger charge is 2.32. The van der Waals surface area contributed by atoms with Crippen LogP contribution in [0.25, 0.3) is 0 Å². The number of aryl methyl sites for hydroxylation is 1. The van der Waals surface area contributed by atoms with Crippen molar-refractivity contribution in [3.05, 3.63) is 11.2 Å². The van der Waals surface area contributed by atoms with Crippen molar-refractivity contribution in [2.24, 2.45) is 12.8 Å². The van der Waals surface area contributed by atoms with E-state index < -0.39 is 10.0 Å². The van der Waals surface area contributed by atoms with E-state index in [1.54, 1.807) is 7.05 Å². The molecule has 1 aliphatic rings. The monoisotopic (exact) mass is 314 g/mol. The van der Waals surface area contributed by atoms with Crippen molar-refractivity contribution in [1.29, 1.82) is 0 Å². The van der Waals surface area contributed by atoms with E-state index in [-0.39, 0.29) is 28.5 Å². The molecule has 1 atom stereocenters. The van der Waals surface area contributed by atoms with Crippen molar-refractivity contribution in [2.75, 3.05) is 13.1 Å².